The predicted octanol–water partition coefficient (Wildman–Crippen LogP) is 2.82. The molecule has 1 N–H and O–H groups in total. The summed E-state index contributed by atoms with van der Waals surface area (Å²) in [4.78, 5) is 4.82. The van der Waals surface area contributed by atoms with E-state index in [1.807, 2.05) is 0 Å². The number of hydrogen-bond donors (Lipinski definition) is 1. The third-order valence-corrected chi connectivity index (χ3v) is 3.59. The zero-order valence-electron chi connectivity index (χ0n) is 14.5. The van der Waals surface area contributed by atoms with E-state index in [9.17, 15) is 0 Å². The van der Waals surface area contributed by atoms with E-state index in [4.69, 9.17) is 0 Å². The van der Waals surface area contributed by atoms with Crippen molar-refractivity contribution in [3.8, 4) is 0 Å². The second-order valence-electron chi connectivity index (χ2n) is 6.49. The fourth-order valence-electron chi connectivity index (χ4n) is 2.48. The van der Waals surface area contributed by atoms with Crippen LogP contribution in [0.15, 0.2) is 24.3 Å². The van der Waals surface area contributed by atoms with E-state index in [0.29, 0.717) is 0 Å². The minimum absolute atomic E-state index is 0.740. The van der Waals surface area contributed by atoms with E-state index < -0.39 is 0 Å². The highest BCUT2D eigenvalue weighted by Gasteiger charge is 2.05. The summed E-state index contributed by atoms with van der Waals surface area (Å²) >= 11 is 0. The number of rotatable bonds is 10. The molecule has 120 valence electrons. The molecule has 1 rings (SSSR count). The van der Waals surface area contributed by atoms with Gasteiger partial charge >= 0.3 is 0 Å². The summed E-state index contributed by atoms with van der Waals surface area (Å²) < 4.78 is 0. The van der Waals surface area contributed by atoms with Crippen molar-refractivity contribution >= 4 is 0 Å². The van der Waals surface area contributed by atoms with Crippen LogP contribution in [0.1, 0.15) is 31.9 Å². The maximum absolute atomic E-state index is 3.36. The summed E-state index contributed by atoms with van der Waals surface area (Å²) in [7, 11) is 4.42. The molecule has 0 spiro atoms. The Labute approximate surface area is 131 Å². The number of nitrogens with zero attached hydrogens (tertiary/aromatic N) is 2. The lowest BCUT2D eigenvalue weighted by molar-refractivity contribution is 0.236. The van der Waals surface area contributed by atoms with Gasteiger partial charge in [-0.3, -0.25) is 0 Å². The maximum Gasteiger partial charge on any atom is 0.0231 e. The number of benzene rings is 1. The number of likely N-dealkylation sites (N-methyl/N-ethyl adjacent to an activating group) is 2. The molecule has 0 fully saturated rings. The Hall–Kier alpha value is -0.900. The smallest absolute Gasteiger partial charge is 0.0231 e. The highest BCUT2D eigenvalue weighted by atomic mass is 15.2. The summed E-state index contributed by atoms with van der Waals surface area (Å²) in [6.07, 6.45) is 0. The van der Waals surface area contributed by atoms with Crippen LogP contribution in [0.4, 0.5) is 0 Å². The van der Waals surface area contributed by atoms with Crippen LogP contribution in [0.5, 0.6) is 0 Å². The summed E-state index contributed by atoms with van der Waals surface area (Å²) in [6.45, 7) is 13.1. The Balaban J connectivity index is 2.32. The molecule has 0 saturated carbocycles. The number of hydrogen-bond acceptors (Lipinski definition) is 3. The molecule has 0 aliphatic carbocycles. The van der Waals surface area contributed by atoms with Gasteiger partial charge in [0.2, 0.25) is 0 Å². The normalized spacial score (nSPS) is 11.8. The lowest BCUT2D eigenvalue weighted by atomic mass is 10.1. The molecule has 1 aromatic carbocycles. The van der Waals surface area contributed by atoms with Crippen LogP contribution in [-0.4, -0.2) is 50.1 Å². The fraction of sp³-hybridized carbons (Fsp3) is 0.667. The first-order valence-corrected chi connectivity index (χ1v) is 8.16. The van der Waals surface area contributed by atoms with Crippen LogP contribution in [-0.2, 0) is 13.1 Å². The van der Waals surface area contributed by atoms with E-state index in [-0.39, 0.29) is 0 Å². The molecule has 0 saturated heterocycles. The average Bonchev–Trinajstić information content (AvgIpc) is 2.44. The lowest BCUT2D eigenvalue weighted by Crippen LogP contribution is -2.32. The second kappa shape index (κ2) is 9.93. The molecule has 0 amide bonds. The Bertz CT molecular complexity index is 373. The fourth-order valence-corrected chi connectivity index (χ4v) is 2.48. The van der Waals surface area contributed by atoms with Gasteiger partial charge in [0.1, 0.15) is 0 Å². The van der Waals surface area contributed by atoms with Crippen molar-refractivity contribution < 1.29 is 0 Å². The topological polar surface area (TPSA) is 18.5 Å². The van der Waals surface area contributed by atoms with Crippen molar-refractivity contribution in [2.45, 2.75) is 33.9 Å². The van der Waals surface area contributed by atoms with Gasteiger partial charge in [0, 0.05) is 32.7 Å². The van der Waals surface area contributed by atoms with E-state index in [1.165, 1.54) is 17.7 Å². The van der Waals surface area contributed by atoms with Gasteiger partial charge in [-0.2, -0.15) is 0 Å². The van der Waals surface area contributed by atoms with Crippen molar-refractivity contribution in [1.29, 1.82) is 0 Å². The van der Waals surface area contributed by atoms with Crippen LogP contribution < -0.4 is 5.32 Å². The van der Waals surface area contributed by atoms with Gasteiger partial charge in [0.15, 0.2) is 0 Å². The molecule has 21 heavy (non-hydrogen) atoms. The molecular formula is C18H33N3. The summed E-state index contributed by atoms with van der Waals surface area (Å²) in [5.41, 5.74) is 2.75. The van der Waals surface area contributed by atoms with Crippen molar-refractivity contribution in [1.82, 2.24) is 15.1 Å². The van der Waals surface area contributed by atoms with Gasteiger partial charge in [0.25, 0.3) is 0 Å². The monoisotopic (exact) mass is 291 g/mol. The maximum atomic E-state index is 3.36. The molecule has 0 unspecified atom stereocenters. The predicted molar refractivity (Wildman–Crippen MR) is 92.5 cm³/mol. The molecule has 1 aromatic rings. The standard InChI is InChI=1S/C18H33N3/c1-6-19-13-17-7-9-18(10-8-17)15-21(5)12-11-20(4)14-16(2)3/h7-10,16,19H,6,11-15H2,1-5H3. The van der Waals surface area contributed by atoms with E-state index >= 15 is 0 Å². The van der Waals surface area contributed by atoms with E-state index in [0.717, 1.165) is 38.6 Å². The first-order valence-electron chi connectivity index (χ1n) is 8.16. The number of nitrogens with one attached hydrogen (secondary N) is 1. The van der Waals surface area contributed by atoms with Crippen LogP contribution in [0.3, 0.4) is 0 Å². The minimum atomic E-state index is 0.740. The summed E-state index contributed by atoms with van der Waals surface area (Å²) in [5, 5.41) is 3.36. The Morgan fingerprint density at radius 1 is 0.952 bits per heavy atom. The van der Waals surface area contributed by atoms with Crippen molar-refractivity contribution in [3.05, 3.63) is 35.4 Å². The molecular weight excluding hydrogens is 258 g/mol. The summed E-state index contributed by atoms with van der Waals surface area (Å²) in [5.74, 6) is 0.740. The molecule has 0 aliphatic rings. The Morgan fingerprint density at radius 2 is 1.52 bits per heavy atom. The third kappa shape index (κ3) is 8.20. The van der Waals surface area contributed by atoms with Crippen LogP contribution in [0.25, 0.3) is 0 Å². The Kier molecular flexibility index (Phi) is 8.58. The van der Waals surface area contributed by atoms with E-state index in [1.54, 1.807) is 0 Å². The van der Waals surface area contributed by atoms with E-state index in [2.05, 4.69) is 74.2 Å². The largest absolute Gasteiger partial charge is 0.313 e. The summed E-state index contributed by atoms with van der Waals surface area (Å²) in [6, 6.07) is 8.97. The molecule has 3 heteroatoms. The highest BCUT2D eigenvalue weighted by Crippen LogP contribution is 2.07. The lowest BCUT2D eigenvalue weighted by Gasteiger charge is -2.23. The zero-order chi connectivity index (χ0) is 15.7. The van der Waals surface area contributed by atoms with Crippen LogP contribution >= 0.6 is 0 Å². The second-order valence-corrected chi connectivity index (χ2v) is 6.49. The zero-order valence-corrected chi connectivity index (χ0v) is 14.5. The van der Waals surface area contributed by atoms with Gasteiger partial charge in [-0.1, -0.05) is 45.0 Å². The third-order valence-electron chi connectivity index (χ3n) is 3.59. The van der Waals surface area contributed by atoms with Crippen LogP contribution in [0, 0.1) is 5.92 Å². The molecule has 0 bridgehead atoms. The quantitative estimate of drug-likeness (QED) is 0.715. The molecule has 0 atom stereocenters. The molecule has 0 heterocycles. The highest BCUT2D eigenvalue weighted by molar-refractivity contribution is 5.22. The SMILES string of the molecule is CCNCc1ccc(CN(C)CCN(C)CC(C)C)cc1. The molecule has 0 aromatic heterocycles. The first-order chi connectivity index (χ1) is 10.0. The first kappa shape index (κ1) is 18.1. The molecule has 3 nitrogen and oxygen atoms in total. The van der Waals surface area contributed by atoms with Gasteiger partial charge in [0.05, 0.1) is 0 Å². The average molecular weight is 291 g/mol. The Morgan fingerprint density at radius 3 is 2.10 bits per heavy atom. The van der Waals surface area contributed by atoms with Gasteiger partial charge in [-0.05, 0) is 37.7 Å². The van der Waals surface area contributed by atoms with Gasteiger partial charge < -0.3 is 15.1 Å². The van der Waals surface area contributed by atoms with Crippen molar-refractivity contribution in [2.75, 3.05) is 40.3 Å². The van der Waals surface area contributed by atoms with Crippen LogP contribution in [0.2, 0.25) is 0 Å². The minimum Gasteiger partial charge on any atom is -0.313 e. The van der Waals surface area contributed by atoms with Crippen molar-refractivity contribution in [3.63, 3.8) is 0 Å². The van der Waals surface area contributed by atoms with Gasteiger partial charge in [-0.15, -0.1) is 0 Å². The van der Waals surface area contributed by atoms with Gasteiger partial charge in [-0.25, -0.2) is 0 Å². The molecule has 0 radical (unpaired) electrons. The molecule has 0 aliphatic heterocycles. The van der Waals surface area contributed by atoms with Crippen molar-refractivity contribution in [2.24, 2.45) is 5.92 Å².